The molecule has 1 atom stereocenters. The molecule has 0 heterocycles. The summed E-state index contributed by atoms with van der Waals surface area (Å²) in [7, 11) is 0. The minimum absolute atomic E-state index is 0. The summed E-state index contributed by atoms with van der Waals surface area (Å²) in [5.41, 5.74) is 0. The Morgan fingerprint density at radius 3 is 1.84 bits per heavy atom. The Hall–Kier alpha value is 1.02. The molecular weight excluding hydrogens is 312 g/mol. The second-order valence-electron chi connectivity index (χ2n) is 3.14. The van der Waals surface area contributed by atoms with Crippen molar-refractivity contribution in [2.45, 2.75) is 25.8 Å². The Morgan fingerprint density at radius 1 is 1.11 bits per heavy atom. The predicted molar refractivity (Wildman–Crippen MR) is 46.6 cm³/mol. The Labute approximate surface area is 194 Å². The van der Waals surface area contributed by atoms with Crippen molar-refractivity contribution in [2.75, 3.05) is 0 Å². The van der Waals surface area contributed by atoms with Gasteiger partial charge in [0.15, 0.2) is 5.78 Å². The summed E-state index contributed by atoms with van der Waals surface area (Å²) in [6, 6.07) is -1.69. The molecule has 0 aromatic carbocycles. The van der Waals surface area contributed by atoms with Crippen LogP contribution in [0.3, 0.4) is 0 Å². The summed E-state index contributed by atoms with van der Waals surface area (Å²) in [4.78, 5) is 53.7. The topological polar surface area (TPSA) is 135 Å². The number of nitrogens with zero attached hydrogens (tertiary/aromatic N) is 1. The second-order valence-corrected chi connectivity index (χ2v) is 3.14. The second kappa shape index (κ2) is 12.7. The quantitative estimate of drug-likeness (QED) is 0.258. The van der Waals surface area contributed by atoms with Crippen LogP contribution < -0.4 is 113 Å². The normalized spacial score (nSPS) is 10.2. The molecule has 0 bridgehead atoms. The third kappa shape index (κ3) is 10.4. The van der Waals surface area contributed by atoms with Crippen LogP contribution in [-0.2, 0) is 24.0 Å². The molecular formula is C9H9K2NO7. The maximum atomic E-state index is 11.3. The standard InChI is InChI=1S/C9H11NO7.2K/c1-5(12)10(4-11)6(2-8(14)15)7(13)3-9(16)17;;/h4,6H,2-3H2,1H3,(H,14,15)(H,16,17);;/q;2*+1/p-2. The fourth-order valence-electron chi connectivity index (χ4n) is 1.15. The average Bonchev–Trinajstić information content (AvgIpc) is 2.14. The van der Waals surface area contributed by atoms with Crippen LogP contribution in [0.15, 0.2) is 0 Å². The third-order valence-corrected chi connectivity index (χ3v) is 1.86. The van der Waals surface area contributed by atoms with E-state index in [4.69, 9.17) is 0 Å². The van der Waals surface area contributed by atoms with Crippen molar-refractivity contribution in [3.8, 4) is 0 Å². The van der Waals surface area contributed by atoms with E-state index in [1.807, 2.05) is 0 Å². The molecule has 0 saturated heterocycles. The number of amides is 2. The molecule has 0 saturated carbocycles. The van der Waals surface area contributed by atoms with E-state index in [0.717, 1.165) is 6.92 Å². The first-order chi connectivity index (χ1) is 7.79. The van der Waals surface area contributed by atoms with E-state index in [-0.39, 0.29) is 109 Å². The molecule has 2 amide bonds. The van der Waals surface area contributed by atoms with Crippen LogP contribution in [0.5, 0.6) is 0 Å². The Balaban J connectivity index is -0.00000128. The van der Waals surface area contributed by atoms with Gasteiger partial charge in [-0.3, -0.25) is 19.3 Å². The number of carbonyl (C=O) groups is 5. The van der Waals surface area contributed by atoms with Gasteiger partial charge in [0.2, 0.25) is 12.3 Å². The van der Waals surface area contributed by atoms with Gasteiger partial charge in [-0.15, -0.1) is 0 Å². The molecule has 0 aliphatic heterocycles. The third-order valence-electron chi connectivity index (χ3n) is 1.86. The van der Waals surface area contributed by atoms with Gasteiger partial charge in [-0.2, -0.15) is 0 Å². The summed E-state index contributed by atoms with van der Waals surface area (Å²) in [5, 5.41) is 20.6. The predicted octanol–water partition coefficient (Wildman–Crippen LogP) is -9.78. The van der Waals surface area contributed by atoms with Crippen molar-refractivity contribution in [1.29, 1.82) is 0 Å². The number of ketones is 1. The van der Waals surface area contributed by atoms with E-state index < -0.39 is 42.5 Å². The van der Waals surface area contributed by atoms with Crippen LogP contribution in [0.4, 0.5) is 0 Å². The van der Waals surface area contributed by atoms with Crippen LogP contribution in [0.1, 0.15) is 19.8 Å². The number of hydrogen-bond acceptors (Lipinski definition) is 7. The van der Waals surface area contributed by atoms with Gasteiger partial charge >= 0.3 is 103 Å². The number of hydrogen-bond donors (Lipinski definition) is 0. The summed E-state index contributed by atoms with van der Waals surface area (Å²) in [6.45, 7) is 0.934. The number of carbonyl (C=O) groups excluding carboxylic acids is 5. The fraction of sp³-hybridized carbons (Fsp3) is 0.444. The van der Waals surface area contributed by atoms with Gasteiger partial charge in [-0.25, -0.2) is 0 Å². The number of carboxylic acids is 2. The van der Waals surface area contributed by atoms with Gasteiger partial charge in [0.25, 0.3) is 0 Å². The SMILES string of the molecule is CC(=O)N(C=O)C(CC(=O)[O-])C(=O)CC(=O)[O-].[K+].[K+]. The molecule has 0 spiro atoms. The molecule has 0 fully saturated rings. The summed E-state index contributed by atoms with van der Waals surface area (Å²) >= 11 is 0. The van der Waals surface area contributed by atoms with Gasteiger partial charge in [-0.05, 0) is 0 Å². The Morgan fingerprint density at radius 2 is 1.58 bits per heavy atom. The molecule has 0 aliphatic carbocycles. The molecule has 0 radical (unpaired) electrons. The van der Waals surface area contributed by atoms with Crippen molar-refractivity contribution in [3.05, 3.63) is 0 Å². The number of aliphatic carboxylic acids is 2. The van der Waals surface area contributed by atoms with Crippen molar-refractivity contribution in [3.63, 3.8) is 0 Å². The zero-order valence-electron chi connectivity index (χ0n) is 10.9. The van der Waals surface area contributed by atoms with E-state index in [1.54, 1.807) is 0 Å². The van der Waals surface area contributed by atoms with Crippen LogP contribution in [0.2, 0.25) is 0 Å². The number of carboxylic acid groups (broad SMARTS) is 2. The van der Waals surface area contributed by atoms with E-state index in [0.29, 0.717) is 4.90 Å². The minimum Gasteiger partial charge on any atom is -0.550 e. The largest absolute Gasteiger partial charge is 1.00 e. The van der Waals surface area contributed by atoms with E-state index in [1.165, 1.54) is 0 Å². The summed E-state index contributed by atoms with van der Waals surface area (Å²) in [6.07, 6.45) is -2.08. The molecule has 1 unspecified atom stereocenters. The Kier molecular flexibility index (Phi) is 16.8. The van der Waals surface area contributed by atoms with Gasteiger partial charge in [0, 0.05) is 31.7 Å². The first-order valence-electron chi connectivity index (χ1n) is 4.46. The molecule has 94 valence electrons. The molecule has 19 heavy (non-hydrogen) atoms. The number of rotatable bonds is 7. The maximum Gasteiger partial charge on any atom is 1.00 e. The van der Waals surface area contributed by atoms with Crippen LogP contribution >= 0.6 is 0 Å². The molecule has 0 aromatic heterocycles. The molecule has 0 aromatic rings. The van der Waals surface area contributed by atoms with Gasteiger partial charge in [-0.1, -0.05) is 0 Å². The zero-order chi connectivity index (χ0) is 13.6. The maximum absolute atomic E-state index is 11.3. The first kappa shape index (κ1) is 25.0. The molecule has 10 heteroatoms. The smallest absolute Gasteiger partial charge is 0.550 e. The summed E-state index contributed by atoms with van der Waals surface area (Å²) in [5.74, 6) is -5.41. The van der Waals surface area contributed by atoms with Crippen LogP contribution in [0.25, 0.3) is 0 Å². The van der Waals surface area contributed by atoms with Gasteiger partial charge in [0.1, 0.15) is 6.04 Å². The molecule has 0 N–H and O–H groups in total. The summed E-state index contributed by atoms with van der Waals surface area (Å²) < 4.78 is 0. The van der Waals surface area contributed by atoms with Crippen molar-refractivity contribution in [2.24, 2.45) is 0 Å². The van der Waals surface area contributed by atoms with E-state index in [2.05, 4.69) is 0 Å². The van der Waals surface area contributed by atoms with Gasteiger partial charge in [0.05, 0.1) is 0 Å². The average molecular weight is 321 g/mol. The first-order valence-corrected chi connectivity index (χ1v) is 4.46. The van der Waals surface area contributed by atoms with Crippen LogP contribution in [-0.4, -0.2) is 41.0 Å². The fourth-order valence-corrected chi connectivity index (χ4v) is 1.15. The van der Waals surface area contributed by atoms with Crippen LogP contribution in [0, 0.1) is 0 Å². The molecule has 0 aliphatic rings. The van der Waals surface area contributed by atoms with E-state index >= 15 is 0 Å². The number of imide groups is 1. The minimum atomic E-state index is -1.73. The van der Waals surface area contributed by atoms with Crippen molar-refractivity contribution >= 4 is 30.0 Å². The monoisotopic (exact) mass is 321 g/mol. The Bertz CT molecular complexity index is 372. The zero-order valence-corrected chi connectivity index (χ0v) is 17.1. The van der Waals surface area contributed by atoms with Crippen molar-refractivity contribution in [1.82, 2.24) is 4.90 Å². The van der Waals surface area contributed by atoms with E-state index in [9.17, 15) is 34.2 Å². The van der Waals surface area contributed by atoms with Crippen molar-refractivity contribution < 1.29 is 137 Å². The molecule has 0 rings (SSSR count). The van der Waals surface area contributed by atoms with Gasteiger partial charge < -0.3 is 19.8 Å². The molecule has 8 nitrogen and oxygen atoms in total. The number of Topliss-reactive ketones (excluding diaryl/α,β-unsaturated/α-hetero) is 1.